The summed E-state index contributed by atoms with van der Waals surface area (Å²) in [4.78, 5) is 0. The Hall–Kier alpha value is -0.380. The zero-order chi connectivity index (χ0) is 12.2. The molecule has 0 aromatic rings. The molecule has 0 spiro atoms. The molecule has 16 heavy (non-hydrogen) atoms. The number of ether oxygens (including phenoxy) is 2. The predicted octanol–water partition coefficient (Wildman–Crippen LogP) is 2.37. The summed E-state index contributed by atoms with van der Waals surface area (Å²) in [5.74, 6) is 0. The molecule has 0 aliphatic rings. The van der Waals surface area contributed by atoms with Crippen LogP contribution >= 0.6 is 0 Å². The van der Waals surface area contributed by atoms with Gasteiger partial charge in [-0.1, -0.05) is 11.6 Å². The fraction of sp³-hybridized carbons (Fsp3) is 0.846. The van der Waals surface area contributed by atoms with Crippen LogP contribution in [0.15, 0.2) is 11.6 Å². The van der Waals surface area contributed by atoms with E-state index in [0.717, 1.165) is 19.6 Å². The highest BCUT2D eigenvalue weighted by atomic mass is 16.5. The Balaban J connectivity index is 3.23. The van der Waals surface area contributed by atoms with Gasteiger partial charge < -0.3 is 14.8 Å². The van der Waals surface area contributed by atoms with Crippen LogP contribution in [-0.2, 0) is 9.47 Å². The number of hydrogen-bond donors (Lipinski definition) is 1. The lowest BCUT2D eigenvalue weighted by Crippen LogP contribution is -2.29. The van der Waals surface area contributed by atoms with Crippen molar-refractivity contribution in [1.82, 2.24) is 5.32 Å². The van der Waals surface area contributed by atoms with Crippen LogP contribution in [0.4, 0.5) is 0 Å². The van der Waals surface area contributed by atoms with Crippen molar-refractivity contribution in [2.24, 2.45) is 0 Å². The molecule has 1 unspecified atom stereocenters. The number of hydrogen-bond acceptors (Lipinski definition) is 3. The molecule has 3 heteroatoms. The molecule has 0 bridgehead atoms. The van der Waals surface area contributed by atoms with Crippen LogP contribution in [-0.4, -0.2) is 39.5 Å². The lowest BCUT2D eigenvalue weighted by atomic mass is 10.1. The Labute approximate surface area is 100 Å². The summed E-state index contributed by atoms with van der Waals surface area (Å²) >= 11 is 0. The van der Waals surface area contributed by atoms with Crippen molar-refractivity contribution >= 4 is 0 Å². The third-order valence-corrected chi connectivity index (χ3v) is 2.32. The van der Waals surface area contributed by atoms with Crippen LogP contribution in [0.5, 0.6) is 0 Å². The SMILES string of the molecule is COCCOCCNC(C)CCC=C(C)C. The summed E-state index contributed by atoms with van der Waals surface area (Å²) in [7, 11) is 1.69. The second-order valence-electron chi connectivity index (χ2n) is 4.32. The van der Waals surface area contributed by atoms with Gasteiger partial charge in [0, 0.05) is 19.7 Å². The maximum atomic E-state index is 5.37. The van der Waals surface area contributed by atoms with E-state index in [1.165, 1.54) is 12.0 Å². The van der Waals surface area contributed by atoms with Crippen LogP contribution in [0.2, 0.25) is 0 Å². The van der Waals surface area contributed by atoms with Gasteiger partial charge in [-0.3, -0.25) is 0 Å². The van der Waals surface area contributed by atoms with Gasteiger partial charge in [-0.2, -0.15) is 0 Å². The van der Waals surface area contributed by atoms with Gasteiger partial charge in [-0.25, -0.2) is 0 Å². The highest BCUT2D eigenvalue weighted by Gasteiger charge is 1.98. The molecule has 0 aromatic heterocycles. The largest absolute Gasteiger partial charge is 0.382 e. The molecule has 0 aromatic carbocycles. The molecule has 3 nitrogen and oxygen atoms in total. The summed E-state index contributed by atoms with van der Waals surface area (Å²) in [6.07, 6.45) is 4.62. The van der Waals surface area contributed by atoms with E-state index in [9.17, 15) is 0 Å². The minimum Gasteiger partial charge on any atom is -0.382 e. The summed E-state index contributed by atoms with van der Waals surface area (Å²) in [5.41, 5.74) is 1.40. The maximum Gasteiger partial charge on any atom is 0.0700 e. The summed E-state index contributed by atoms with van der Waals surface area (Å²) in [5, 5.41) is 3.44. The first-order valence-corrected chi connectivity index (χ1v) is 6.10. The Morgan fingerprint density at radius 3 is 2.62 bits per heavy atom. The first-order valence-electron chi connectivity index (χ1n) is 6.10. The molecule has 0 heterocycles. The minimum atomic E-state index is 0.557. The molecule has 0 rings (SSSR count). The molecular formula is C13H27NO2. The van der Waals surface area contributed by atoms with Gasteiger partial charge in [0.1, 0.15) is 0 Å². The fourth-order valence-corrected chi connectivity index (χ4v) is 1.35. The van der Waals surface area contributed by atoms with Crippen LogP contribution in [0.3, 0.4) is 0 Å². The lowest BCUT2D eigenvalue weighted by molar-refractivity contribution is 0.0711. The minimum absolute atomic E-state index is 0.557. The summed E-state index contributed by atoms with van der Waals surface area (Å²) in [6.45, 7) is 9.54. The molecule has 0 aliphatic heterocycles. The molecule has 0 saturated heterocycles. The highest BCUT2D eigenvalue weighted by molar-refractivity contribution is 4.93. The van der Waals surface area contributed by atoms with E-state index in [1.807, 2.05) is 0 Å². The Bertz CT molecular complexity index is 177. The number of nitrogens with one attached hydrogen (secondary N) is 1. The maximum absolute atomic E-state index is 5.37. The van der Waals surface area contributed by atoms with E-state index in [-0.39, 0.29) is 0 Å². The molecule has 0 amide bonds. The van der Waals surface area contributed by atoms with Crippen molar-refractivity contribution in [2.75, 3.05) is 33.5 Å². The Kier molecular flexibility index (Phi) is 10.9. The molecule has 1 atom stereocenters. The summed E-state index contributed by atoms with van der Waals surface area (Å²) in [6, 6.07) is 0.557. The Morgan fingerprint density at radius 1 is 1.25 bits per heavy atom. The van der Waals surface area contributed by atoms with Gasteiger partial charge in [-0.15, -0.1) is 0 Å². The third-order valence-electron chi connectivity index (χ3n) is 2.32. The number of rotatable bonds is 10. The standard InChI is InChI=1S/C13H27NO2/c1-12(2)6-5-7-13(3)14-8-9-16-11-10-15-4/h6,13-14H,5,7-11H2,1-4H3. The zero-order valence-corrected chi connectivity index (χ0v) is 11.2. The first kappa shape index (κ1) is 15.6. The molecule has 96 valence electrons. The first-order chi connectivity index (χ1) is 7.66. The van der Waals surface area contributed by atoms with E-state index >= 15 is 0 Å². The molecular weight excluding hydrogens is 202 g/mol. The molecule has 0 saturated carbocycles. The van der Waals surface area contributed by atoms with E-state index in [0.29, 0.717) is 19.3 Å². The van der Waals surface area contributed by atoms with Crippen LogP contribution in [0, 0.1) is 0 Å². The smallest absolute Gasteiger partial charge is 0.0700 e. The van der Waals surface area contributed by atoms with Crippen molar-refractivity contribution in [3.8, 4) is 0 Å². The van der Waals surface area contributed by atoms with E-state index in [1.54, 1.807) is 7.11 Å². The molecule has 0 radical (unpaired) electrons. The van der Waals surface area contributed by atoms with Gasteiger partial charge in [0.2, 0.25) is 0 Å². The van der Waals surface area contributed by atoms with Gasteiger partial charge in [0.05, 0.1) is 19.8 Å². The van der Waals surface area contributed by atoms with E-state index in [2.05, 4.69) is 32.2 Å². The normalized spacial score (nSPS) is 12.5. The highest BCUT2D eigenvalue weighted by Crippen LogP contribution is 2.00. The van der Waals surface area contributed by atoms with Crippen molar-refractivity contribution < 1.29 is 9.47 Å². The molecule has 0 fully saturated rings. The Morgan fingerprint density at radius 2 is 2.00 bits per heavy atom. The van der Waals surface area contributed by atoms with Crippen molar-refractivity contribution in [2.45, 2.75) is 39.7 Å². The van der Waals surface area contributed by atoms with Crippen molar-refractivity contribution in [3.63, 3.8) is 0 Å². The van der Waals surface area contributed by atoms with Crippen molar-refractivity contribution in [3.05, 3.63) is 11.6 Å². The van der Waals surface area contributed by atoms with Crippen LogP contribution in [0.25, 0.3) is 0 Å². The molecule has 0 aliphatic carbocycles. The average Bonchev–Trinajstić information content (AvgIpc) is 2.22. The number of methoxy groups -OCH3 is 1. The van der Waals surface area contributed by atoms with E-state index < -0.39 is 0 Å². The van der Waals surface area contributed by atoms with Gasteiger partial charge in [-0.05, 0) is 33.6 Å². The van der Waals surface area contributed by atoms with Crippen molar-refractivity contribution in [1.29, 1.82) is 0 Å². The number of allylic oxidation sites excluding steroid dienone is 2. The van der Waals surface area contributed by atoms with Crippen LogP contribution in [0.1, 0.15) is 33.6 Å². The predicted molar refractivity (Wildman–Crippen MR) is 68.8 cm³/mol. The van der Waals surface area contributed by atoms with Gasteiger partial charge in [0.15, 0.2) is 0 Å². The van der Waals surface area contributed by atoms with Crippen LogP contribution < -0.4 is 5.32 Å². The third kappa shape index (κ3) is 11.7. The lowest BCUT2D eigenvalue weighted by Gasteiger charge is -2.12. The monoisotopic (exact) mass is 229 g/mol. The average molecular weight is 229 g/mol. The topological polar surface area (TPSA) is 30.5 Å². The zero-order valence-electron chi connectivity index (χ0n) is 11.2. The fourth-order valence-electron chi connectivity index (χ4n) is 1.35. The molecule has 1 N–H and O–H groups in total. The van der Waals surface area contributed by atoms with Gasteiger partial charge >= 0.3 is 0 Å². The summed E-state index contributed by atoms with van der Waals surface area (Å²) < 4.78 is 10.3. The van der Waals surface area contributed by atoms with E-state index in [4.69, 9.17) is 9.47 Å². The second-order valence-corrected chi connectivity index (χ2v) is 4.32. The van der Waals surface area contributed by atoms with Gasteiger partial charge in [0.25, 0.3) is 0 Å². The quantitative estimate of drug-likeness (QED) is 0.461. The second kappa shape index (κ2) is 11.1.